The summed E-state index contributed by atoms with van der Waals surface area (Å²) >= 11 is 0. The fourth-order valence-corrected chi connectivity index (χ4v) is 6.05. The zero-order valence-corrected chi connectivity index (χ0v) is 31.8. The summed E-state index contributed by atoms with van der Waals surface area (Å²) in [7, 11) is 0. The van der Waals surface area contributed by atoms with Gasteiger partial charge in [0.1, 0.15) is 0 Å². The summed E-state index contributed by atoms with van der Waals surface area (Å²) in [6.45, 7) is 6.21. The summed E-state index contributed by atoms with van der Waals surface area (Å²) in [5, 5.41) is 12.0. The van der Waals surface area contributed by atoms with Crippen LogP contribution < -0.4 is 21.3 Å². The van der Waals surface area contributed by atoms with Crippen molar-refractivity contribution < 1.29 is 19.2 Å². The maximum atomic E-state index is 13.2. The van der Waals surface area contributed by atoms with E-state index in [-0.39, 0.29) is 49.8 Å². The molecule has 1 fully saturated rings. The molecular weight excluding hydrogens is 713 g/mol. The van der Waals surface area contributed by atoms with Gasteiger partial charge in [-0.15, -0.1) is 0 Å². The molecule has 296 valence electrons. The van der Waals surface area contributed by atoms with Gasteiger partial charge in [-0.05, 0) is 70.8 Å². The zero-order chi connectivity index (χ0) is 39.2. The highest BCUT2D eigenvalue weighted by Crippen LogP contribution is 2.04. The smallest absolute Gasteiger partial charge is 0.234 e. The Morgan fingerprint density at radius 1 is 0.357 bits per heavy atom. The Balaban J connectivity index is 1.26. The average Bonchev–Trinajstić information content (AvgIpc) is 3.23. The minimum atomic E-state index is -0.124. The second-order valence-corrected chi connectivity index (χ2v) is 13.6. The SMILES string of the molecule is O=C(CN1CCN(CC(=O)NCc2ccncc2)CCN(CC(=O)NCc2ccncc2)CCN(CC(=O)NCc2ccncc2)CC1)NCc1ccncc1. The van der Waals surface area contributed by atoms with Crippen LogP contribution in [0.15, 0.2) is 98.1 Å². The Hall–Kier alpha value is -5.68. The van der Waals surface area contributed by atoms with Crippen LogP contribution in [0, 0.1) is 0 Å². The van der Waals surface area contributed by atoms with Crippen molar-refractivity contribution in [1.29, 1.82) is 0 Å². The standard InChI is InChI=1S/C40H52N12O4/c53-37(45-25-33-1-9-41-10-2-33)29-49-17-19-50(30-38(54)46-26-34-3-11-42-12-4-34)21-23-52(32-40(56)48-28-36-7-15-44-16-8-36)24-22-51(20-18-49)31-39(55)47-27-35-5-13-43-14-6-35/h1-16H,17-32H2,(H,45,53)(H,46,54)(H,47,55)(H,48,56). The first kappa shape index (κ1) is 41.5. The summed E-state index contributed by atoms with van der Waals surface area (Å²) in [4.78, 5) is 77.4. The lowest BCUT2D eigenvalue weighted by atomic mass is 10.2. The van der Waals surface area contributed by atoms with Gasteiger partial charge in [0.15, 0.2) is 0 Å². The third-order valence-corrected chi connectivity index (χ3v) is 9.35. The molecule has 0 unspecified atom stereocenters. The molecule has 4 aromatic rings. The van der Waals surface area contributed by atoms with E-state index in [1.165, 1.54) is 0 Å². The van der Waals surface area contributed by atoms with E-state index in [4.69, 9.17) is 0 Å². The van der Waals surface area contributed by atoms with Gasteiger partial charge in [0, 0.05) is 128 Å². The summed E-state index contributed by atoms with van der Waals surface area (Å²) in [6.07, 6.45) is 13.5. The largest absolute Gasteiger partial charge is 0.351 e. The third kappa shape index (κ3) is 16.0. The summed E-state index contributed by atoms with van der Waals surface area (Å²) in [5.74, 6) is -0.496. The fraction of sp³-hybridized carbons (Fsp3) is 0.400. The molecule has 4 N–H and O–H groups in total. The quantitative estimate of drug-likeness (QED) is 0.121. The molecule has 16 nitrogen and oxygen atoms in total. The number of amides is 4. The average molecular weight is 765 g/mol. The number of nitrogens with one attached hydrogen (secondary N) is 4. The molecule has 0 aliphatic carbocycles. The van der Waals surface area contributed by atoms with Gasteiger partial charge in [-0.3, -0.25) is 58.7 Å². The van der Waals surface area contributed by atoms with Crippen molar-refractivity contribution in [1.82, 2.24) is 60.8 Å². The fourth-order valence-electron chi connectivity index (χ4n) is 6.05. The van der Waals surface area contributed by atoms with Crippen LogP contribution in [-0.4, -0.2) is 142 Å². The molecule has 0 spiro atoms. The Bertz CT molecular complexity index is 1500. The van der Waals surface area contributed by atoms with Crippen molar-refractivity contribution in [3.63, 3.8) is 0 Å². The Morgan fingerprint density at radius 3 is 0.714 bits per heavy atom. The predicted octanol–water partition coefficient (Wildman–Crippen LogP) is 0.0536. The van der Waals surface area contributed by atoms with Gasteiger partial charge >= 0.3 is 0 Å². The number of carbonyl (C=O) groups is 4. The maximum absolute atomic E-state index is 13.2. The lowest BCUT2D eigenvalue weighted by Gasteiger charge is -2.33. The molecule has 0 bridgehead atoms. The number of aromatic nitrogens is 4. The molecule has 5 rings (SSSR count). The molecule has 16 heteroatoms. The highest BCUT2D eigenvalue weighted by Gasteiger charge is 2.22. The van der Waals surface area contributed by atoms with Crippen LogP contribution in [0.1, 0.15) is 22.3 Å². The van der Waals surface area contributed by atoms with Gasteiger partial charge < -0.3 is 21.3 Å². The van der Waals surface area contributed by atoms with Crippen LogP contribution in [0.4, 0.5) is 0 Å². The Kier molecular flexibility index (Phi) is 17.3. The van der Waals surface area contributed by atoms with Gasteiger partial charge in [0.2, 0.25) is 23.6 Å². The van der Waals surface area contributed by atoms with Crippen LogP contribution in [0.2, 0.25) is 0 Å². The minimum Gasteiger partial charge on any atom is -0.351 e. The topological polar surface area (TPSA) is 181 Å². The second kappa shape index (κ2) is 23.3. The lowest BCUT2D eigenvalue weighted by molar-refractivity contribution is -0.125. The van der Waals surface area contributed by atoms with E-state index in [0.29, 0.717) is 78.5 Å². The molecule has 1 saturated heterocycles. The maximum Gasteiger partial charge on any atom is 0.234 e. The van der Waals surface area contributed by atoms with Crippen LogP contribution in [0.3, 0.4) is 0 Å². The number of carbonyl (C=O) groups excluding carboxylic acids is 4. The summed E-state index contributed by atoms with van der Waals surface area (Å²) in [6, 6.07) is 14.9. The van der Waals surface area contributed by atoms with E-state index in [2.05, 4.69) is 60.8 Å². The van der Waals surface area contributed by atoms with E-state index in [1.54, 1.807) is 49.6 Å². The number of rotatable bonds is 16. The molecule has 0 radical (unpaired) electrons. The van der Waals surface area contributed by atoms with Gasteiger partial charge in [-0.25, -0.2) is 0 Å². The van der Waals surface area contributed by atoms with E-state index >= 15 is 0 Å². The number of hydrogen-bond acceptors (Lipinski definition) is 12. The molecule has 0 saturated carbocycles. The van der Waals surface area contributed by atoms with Crippen LogP contribution in [-0.2, 0) is 45.4 Å². The zero-order valence-electron chi connectivity index (χ0n) is 31.8. The van der Waals surface area contributed by atoms with Gasteiger partial charge in [0.25, 0.3) is 0 Å². The first-order valence-corrected chi connectivity index (χ1v) is 18.9. The van der Waals surface area contributed by atoms with E-state index in [1.807, 2.05) is 48.5 Å². The molecule has 5 heterocycles. The van der Waals surface area contributed by atoms with Gasteiger partial charge in [0.05, 0.1) is 26.2 Å². The first-order chi connectivity index (χ1) is 27.4. The molecule has 4 amide bonds. The van der Waals surface area contributed by atoms with E-state index < -0.39 is 0 Å². The molecule has 4 aromatic heterocycles. The molecule has 0 atom stereocenters. The summed E-state index contributed by atoms with van der Waals surface area (Å²) in [5.41, 5.74) is 3.80. The first-order valence-electron chi connectivity index (χ1n) is 18.9. The molecule has 1 aliphatic rings. The van der Waals surface area contributed by atoms with Crippen molar-refractivity contribution in [2.24, 2.45) is 0 Å². The van der Waals surface area contributed by atoms with Crippen molar-refractivity contribution in [2.75, 3.05) is 78.5 Å². The number of nitrogens with zero attached hydrogens (tertiary/aromatic N) is 8. The molecule has 1 aliphatic heterocycles. The molecular formula is C40H52N12O4. The number of pyridine rings is 4. The van der Waals surface area contributed by atoms with Crippen molar-refractivity contribution in [3.8, 4) is 0 Å². The Morgan fingerprint density at radius 2 is 0.536 bits per heavy atom. The summed E-state index contributed by atoms with van der Waals surface area (Å²) < 4.78 is 0. The van der Waals surface area contributed by atoms with Gasteiger partial charge in [-0.2, -0.15) is 0 Å². The minimum absolute atomic E-state index is 0.124. The van der Waals surface area contributed by atoms with Crippen molar-refractivity contribution in [2.45, 2.75) is 26.2 Å². The normalized spacial score (nSPS) is 15.1. The lowest BCUT2D eigenvalue weighted by Crippen LogP contribution is -2.51. The third-order valence-electron chi connectivity index (χ3n) is 9.35. The molecule has 56 heavy (non-hydrogen) atoms. The van der Waals surface area contributed by atoms with Gasteiger partial charge in [-0.1, -0.05) is 0 Å². The number of hydrogen-bond donors (Lipinski definition) is 4. The van der Waals surface area contributed by atoms with Crippen molar-refractivity contribution in [3.05, 3.63) is 120 Å². The van der Waals surface area contributed by atoms with Crippen molar-refractivity contribution >= 4 is 23.6 Å². The van der Waals surface area contributed by atoms with Crippen LogP contribution in [0.25, 0.3) is 0 Å². The highest BCUT2D eigenvalue weighted by atomic mass is 16.2. The van der Waals surface area contributed by atoms with E-state index in [0.717, 1.165) is 22.3 Å². The van der Waals surface area contributed by atoms with E-state index in [9.17, 15) is 19.2 Å². The second-order valence-electron chi connectivity index (χ2n) is 13.6. The molecule has 0 aromatic carbocycles. The monoisotopic (exact) mass is 764 g/mol. The van der Waals surface area contributed by atoms with Crippen LogP contribution in [0.5, 0.6) is 0 Å². The Labute approximate surface area is 328 Å². The van der Waals surface area contributed by atoms with Crippen LogP contribution >= 0.6 is 0 Å². The highest BCUT2D eigenvalue weighted by molar-refractivity contribution is 5.79. The predicted molar refractivity (Wildman–Crippen MR) is 210 cm³/mol.